The number of piperidine rings is 1. The third-order valence-corrected chi connectivity index (χ3v) is 5.37. The highest BCUT2D eigenvalue weighted by Gasteiger charge is 2.22. The van der Waals surface area contributed by atoms with Gasteiger partial charge in [-0.25, -0.2) is 0 Å². The Morgan fingerprint density at radius 2 is 2.26 bits per heavy atom. The molecule has 1 aliphatic rings. The summed E-state index contributed by atoms with van der Waals surface area (Å²) in [5.41, 5.74) is 1.63. The Balaban J connectivity index is 1.47. The maximum atomic E-state index is 12.2. The molecule has 0 amide bonds. The molecule has 4 rings (SSSR count). The summed E-state index contributed by atoms with van der Waals surface area (Å²) in [6.45, 7) is 2.66. The molecule has 7 nitrogen and oxygen atoms in total. The van der Waals surface area contributed by atoms with Crippen molar-refractivity contribution in [1.29, 1.82) is 0 Å². The lowest BCUT2D eigenvalue weighted by Crippen LogP contribution is -2.43. The lowest BCUT2D eigenvalue weighted by molar-refractivity contribution is 0.148. The van der Waals surface area contributed by atoms with Crippen LogP contribution in [0.3, 0.4) is 0 Å². The minimum Gasteiger partial charge on any atom is -0.354 e. The van der Waals surface area contributed by atoms with Gasteiger partial charge < -0.3 is 5.32 Å². The predicted molar refractivity (Wildman–Crippen MR) is 107 cm³/mol. The molecule has 27 heavy (non-hydrogen) atoms. The van der Waals surface area contributed by atoms with Gasteiger partial charge in [-0.3, -0.25) is 19.4 Å². The first kappa shape index (κ1) is 18.0. The van der Waals surface area contributed by atoms with E-state index >= 15 is 0 Å². The van der Waals surface area contributed by atoms with Crippen LogP contribution in [0.15, 0.2) is 35.3 Å². The van der Waals surface area contributed by atoms with Crippen LogP contribution in [-0.4, -0.2) is 43.8 Å². The number of likely N-dealkylation sites (tertiary alicyclic amines) is 1. The standard InChI is InChI=1S/C19H23ClN6O/c1-25-17-16(11-22-25)18(27)24-19(23-17)21-10-15-7-2-3-8-26(15)12-13-5-4-6-14(20)9-13/h4-6,9,11,15H,2-3,7-8,10,12H2,1H3,(H2,21,23,24,27). The zero-order valence-electron chi connectivity index (χ0n) is 15.3. The summed E-state index contributed by atoms with van der Waals surface area (Å²) in [6, 6.07) is 8.41. The predicted octanol–water partition coefficient (Wildman–Crippen LogP) is 2.78. The van der Waals surface area contributed by atoms with Gasteiger partial charge in [0.2, 0.25) is 5.95 Å². The van der Waals surface area contributed by atoms with E-state index in [1.54, 1.807) is 17.9 Å². The van der Waals surface area contributed by atoms with Gasteiger partial charge in [0.25, 0.3) is 5.56 Å². The van der Waals surface area contributed by atoms with Gasteiger partial charge in [-0.15, -0.1) is 0 Å². The number of H-pyrrole nitrogens is 1. The number of aromatic amines is 1. The molecule has 1 aromatic carbocycles. The SMILES string of the molecule is Cn1ncc2c(=O)[nH]c(NCC3CCCCN3Cc3cccc(Cl)c3)nc21. The first-order valence-electron chi connectivity index (χ1n) is 9.24. The van der Waals surface area contributed by atoms with E-state index in [1.165, 1.54) is 18.4 Å². The van der Waals surface area contributed by atoms with Crippen molar-refractivity contribution in [1.82, 2.24) is 24.6 Å². The molecule has 2 N–H and O–H groups in total. The third-order valence-electron chi connectivity index (χ3n) is 5.13. The Morgan fingerprint density at radius 1 is 1.37 bits per heavy atom. The quantitative estimate of drug-likeness (QED) is 0.705. The highest BCUT2D eigenvalue weighted by molar-refractivity contribution is 6.30. The van der Waals surface area contributed by atoms with Crippen LogP contribution in [0, 0.1) is 0 Å². The number of nitrogens with zero attached hydrogens (tertiary/aromatic N) is 4. The molecule has 1 aliphatic heterocycles. The summed E-state index contributed by atoms with van der Waals surface area (Å²) in [4.78, 5) is 22.0. The molecular weight excluding hydrogens is 364 g/mol. The second-order valence-electron chi connectivity index (χ2n) is 7.05. The van der Waals surface area contributed by atoms with Crippen LogP contribution < -0.4 is 10.9 Å². The fourth-order valence-electron chi connectivity index (χ4n) is 3.70. The Labute approximate surface area is 162 Å². The average Bonchev–Trinajstić information content (AvgIpc) is 3.03. The number of fused-ring (bicyclic) bond motifs is 1. The summed E-state index contributed by atoms with van der Waals surface area (Å²) < 4.78 is 1.61. The molecule has 142 valence electrons. The van der Waals surface area contributed by atoms with Crippen molar-refractivity contribution < 1.29 is 0 Å². The molecule has 1 fully saturated rings. The zero-order valence-corrected chi connectivity index (χ0v) is 16.0. The number of rotatable bonds is 5. The first-order chi connectivity index (χ1) is 13.1. The molecule has 0 bridgehead atoms. The fraction of sp³-hybridized carbons (Fsp3) is 0.421. The van der Waals surface area contributed by atoms with Crippen molar-refractivity contribution in [3.05, 3.63) is 51.4 Å². The summed E-state index contributed by atoms with van der Waals surface area (Å²) in [5.74, 6) is 0.490. The smallest absolute Gasteiger partial charge is 0.263 e. The topological polar surface area (TPSA) is 78.8 Å². The van der Waals surface area contributed by atoms with E-state index in [9.17, 15) is 4.79 Å². The van der Waals surface area contributed by atoms with Gasteiger partial charge in [-0.1, -0.05) is 30.2 Å². The number of hydrogen-bond donors (Lipinski definition) is 2. The van der Waals surface area contributed by atoms with Gasteiger partial charge in [0.05, 0.1) is 6.20 Å². The summed E-state index contributed by atoms with van der Waals surface area (Å²) in [5, 5.41) is 8.69. The lowest BCUT2D eigenvalue weighted by atomic mass is 10.0. The maximum absolute atomic E-state index is 12.2. The van der Waals surface area contributed by atoms with Crippen molar-refractivity contribution in [3.8, 4) is 0 Å². The molecule has 0 radical (unpaired) electrons. The van der Waals surface area contributed by atoms with Gasteiger partial charge in [-0.2, -0.15) is 10.1 Å². The normalized spacial score (nSPS) is 18.1. The Hall–Kier alpha value is -2.38. The highest BCUT2D eigenvalue weighted by Crippen LogP contribution is 2.21. The van der Waals surface area contributed by atoms with Crippen LogP contribution in [0.5, 0.6) is 0 Å². The van der Waals surface area contributed by atoms with E-state index in [2.05, 4.69) is 31.3 Å². The summed E-state index contributed by atoms with van der Waals surface area (Å²) in [7, 11) is 1.78. The molecular formula is C19H23ClN6O. The maximum Gasteiger partial charge on any atom is 0.263 e. The van der Waals surface area contributed by atoms with Crippen LogP contribution in [0.4, 0.5) is 5.95 Å². The van der Waals surface area contributed by atoms with E-state index in [4.69, 9.17) is 11.6 Å². The molecule has 1 saturated heterocycles. The number of halogens is 1. The van der Waals surface area contributed by atoms with E-state index in [-0.39, 0.29) is 5.56 Å². The Bertz CT molecular complexity index is 997. The van der Waals surface area contributed by atoms with E-state index in [0.29, 0.717) is 23.0 Å². The van der Waals surface area contributed by atoms with Crippen LogP contribution >= 0.6 is 11.6 Å². The van der Waals surface area contributed by atoms with Crippen LogP contribution in [0.2, 0.25) is 5.02 Å². The number of aromatic nitrogens is 4. The Kier molecular flexibility index (Phi) is 5.13. The van der Waals surface area contributed by atoms with Gasteiger partial charge in [0, 0.05) is 31.2 Å². The summed E-state index contributed by atoms with van der Waals surface area (Å²) in [6.07, 6.45) is 5.07. The molecule has 8 heteroatoms. The van der Waals surface area contributed by atoms with Crippen molar-refractivity contribution in [2.75, 3.05) is 18.4 Å². The first-order valence-corrected chi connectivity index (χ1v) is 9.62. The number of benzene rings is 1. The number of aryl methyl sites for hydroxylation is 1. The molecule has 0 saturated carbocycles. The average molecular weight is 387 g/mol. The van der Waals surface area contributed by atoms with Crippen molar-refractivity contribution in [2.45, 2.75) is 31.8 Å². The molecule has 3 aromatic rings. The monoisotopic (exact) mass is 386 g/mol. The number of hydrogen-bond acceptors (Lipinski definition) is 5. The molecule has 2 aromatic heterocycles. The summed E-state index contributed by atoms with van der Waals surface area (Å²) >= 11 is 6.13. The van der Waals surface area contributed by atoms with Gasteiger partial charge in [0.1, 0.15) is 5.39 Å². The third kappa shape index (κ3) is 3.99. The largest absolute Gasteiger partial charge is 0.354 e. The van der Waals surface area contributed by atoms with Crippen molar-refractivity contribution in [3.63, 3.8) is 0 Å². The lowest BCUT2D eigenvalue weighted by Gasteiger charge is -2.36. The molecule has 1 atom stereocenters. The second-order valence-corrected chi connectivity index (χ2v) is 7.49. The van der Waals surface area contributed by atoms with Crippen LogP contribution in [0.1, 0.15) is 24.8 Å². The molecule has 0 aliphatic carbocycles. The van der Waals surface area contributed by atoms with Crippen LogP contribution in [0.25, 0.3) is 11.0 Å². The van der Waals surface area contributed by atoms with Gasteiger partial charge in [-0.05, 0) is 37.1 Å². The number of nitrogens with one attached hydrogen (secondary N) is 2. The van der Waals surface area contributed by atoms with Gasteiger partial charge in [0.15, 0.2) is 5.65 Å². The molecule has 1 unspecified atom stereocenters. The van der Waals surface area contributed by atoms with Crippen LogP contribution in [-0.2, 0) is 13.6 Å². The van der Waals surface area contributed by atoms with Gasteiger partial charge >= 0.3 is 0 Å². The van der Waals surface area contributed by atoms with Crippen molar-refractivity contribution in [2.24, 2.45) is 7.05 Å². The highest BCUT2D eigenvalue weighted by atomic mass is 35.5. The zero-order chi connectivity index (χ0) is 18.8. The number of anilines is 1. The second kappa shape index (κ2) is 7.70. The fourth-order valence-corrected chi connectivity index (χ4v) is 3.91. The molecule has 3 heterocycles. The minimum absolute atomic E-state index is 0.171. The van der Waals surface area contributed by atoms with Crippen molar-refractivity contribution >= 4 is 28.6 Å². The molecule has 0 spiro atoms. The van der Waals surface area contributed by atoms with E-state index < -0.39 is 0 Å². The van der Waals surface area contributed by atoms with E-state index in [1.807, 2.05) is 18.2 Å². The minimum atomic E-state index is -0.171. The Morgan fingerprint density at radius 3 is 3.11 bits per heavy atom. The van der Waals surface area contributed by atoms with E-state index in [0.717, 1.165) is 31.1 Å².